The Morgan fingerprint density at radius 1 is 1.08 bits per heavy atom. The summed E-state index contributed by atoms with van der Waals surface area (Å²) in [4.78, 5) is 11.9. The molecule has 0 saturated carbocycles. The number of para-hydroxylation sites is 2. The summed E-state index contributed by atoms with van der Waals surface area (Å²) in [6.45, 7) is 5.16. The molecule has 0 radical (unpaired) electrons. The third kappa shape index (κ3) is 7.06. The van der Waals surface area contributed by atoms with Crippen LogP contribution in [0, 0.1) is 0 Å². The van der Waals surface area contributed by atoms with E-state index in [1.165, 1.54) is 0 Å². The molecule has 1 amide bonds. The van der Waals surface area contributed by atoms with Crippen molar-refractivity contribution >= 4 is 23.2 Å². The molecule has 5 heteroatoms. The molecule has 134 valence electrons. The van der Waals surface area contributed by atoms with Gasteiger partial charge in [-0.15, -0.1) is 0 Å². The minimum absolute atomic E-state index is 0.0312. The maximum Gasteiger partial charge on any atom is 0.221 e. The normalized spacial score (nSPS) is 10.6. The molecular weight excluding hydrogens is 336 g/mol. The van der Waals surface area contributed by atoms with Crippen molar-refractivity contribution in [2.24, 2.45) is 0 Å². The summed E-state index contributed by atoms with van der Waals surface area (Å²) in [6.07, 6.45) is 1.32. The van der Waals surface area contributed by atoms with Gasteiger partial charge in [-0.2, -0.15) is 0 Å². The molecule has 0 saturated heterocycles. The Balaban J connectivity index is 1.69. The SMILES string of the molecule is CC(C)Oc1ccccc1NCCC(=O)NCCc1ccc(Cl)cc1. The number of carbonyl (C=O) groups is 1. The van der Waals surface area contributed by atoms with E-state index >= 15 is 0 Å². The van der Waals surface area contributed by atoms with Gasteiger partial charge < -0.3 is 15.4 Å². The van der Waals surface area contributed by atoms with Crippen LogP contribution >= 0.6 is 11.6 Å². The molecule has 2 aromatic rings. The molecule has 0 unspecified atom stereocenters. The largest absolute Gasteiger partial charge is 0.489 e. The Morgan fingerprint density at radius 2 is 1.80 bits per heavy atom. The van der Waals surface area contributed by atoms with Gasteiger partial charge in [-0.25, -0.2) is 0 Å². The van der Waals surface area contributed by atoms with Crippen LogP contribution in [0.5, 0.6) is 5.75 Å². The van der Waals surface area contributed by atoms with Crippen molar-refractivity contribution in [3.63, 3.8) is 0 Å². The lowest BCUT2D eigenvalue weighted by Crippen LogP contribution is -2.27. The van der Waals surface area contributed by atoms with E-state index in [2.05, 4.69) is 10.6 Å². The minimum atomic E-state index is 0.0312. The molecule has 4 nitrogen and oxygen atoms in total. The first kappa shape index (κ1) is 19.1. The lowest BCUT2D eigenvalue weighted by atomic mass is 10.1. The smallest absolute Gasteiger partial charge is 0.221 e. The van der Waals surface area contributed by atoms with Gasteiger partial charge in [0.25, 0.3) is 0 Å². The van der Waals surface area contributed by atoms with Gasteiger partial charge in [-0.3, -0.25) is 4.79 Å². The molecule has 0 heterocycles. The molecule has 2 rings (SSSR count). The number of hydrogen-bond acceptors (Lipinski definition) is 3. The third-order valence-electron chi connectivity index (χ3n) is 3.57. The Kier molecular flexibility index (Phi) is 7.61. The maximum atomic E-state index is 11.9. The number of amides is 1. The van der Waals surface area contributed by atoms with Crippen LogP contribution < -0.4 is 15.4 Å². The molecule has 0 fully saturated rings. The number of ether oxygens (including phenoxy) is 1. The molecule has 0 aliphatic carbocycles. The minimum Gasteiger partial charge on any atom is -0.489 e. The summed E-state index contributed by atoms with van der Waals surface area (Å²) in [5.41, 5.74) is 2.06. The molecule has 0 spiro atoms. The number of carbonyl (C=O) groups excluding carboxylic acids is 1. The fourth-order valence-electron chi connectivity index (χ4n) is 2.37. The van der Waals surface area contributed by atoms with Crippen LogP contribution in [0.3, 0.4) is 0 Å². The van der Waals surface area contributed by atoms with Crippen LogP contribution in [-0.2, 0) is 11.2 Å². The van der Waals surface area contributed by atoms with Crippen molar-refractivity contribution in [3.8, 4) is 5.75 Å². The van der Waals surface area contributed by atoms with E-state index < -0.39 is 0 Å². The molecule has 0 aliphatic rings. The van der Waals surface area contributed by atoms with Crippen molar-refractivity contribution in [3.05, 3.63) is 59.1 Å². The highest BCUT2D eigenvalue weighted by atomic mass is 35.5. The molecule has 0 atom stereocenters. The number of halogens is 1. The molecule has 2 N–H and O–H groups in total. The number of anilines is 1. The second-order valence-corrected chi connectivity index (χ2v) is 6.50. The van der Waals surface area contributed by atoms with Crippen molar-refractivity contribution in [1.82, 2.24) is 5.32 Å². The highest BCUT2D eigenvalue weighted by molar-refractivity contribution is 6.30. The summed E-state index contributed by atoms with van der Waals surface area (Å²) in [6, 6.07) is 15.4. The summed E-state index contributed by atoms with van der Waals surface area (Å²) in [5, 5.41) is 6.92. The van der Waals surface area contributed by atoms with E-state index in [4.69, 9.17) is 16.3 Å². The average molecular weight is 361 g/mol. The van der Waals surface area contributed by atoms with Gasteiger partial charge in [0.15, 0.2) is 0 Å². The van der Waals surface area contributed by atoms with E-state index in [9.17, 15) is 4.79 Å². The van der Waals surface area contributed by atoms with Crippen molar-refractivity contribution in [2.75, 3.05) is 18.4 Å². The molecule has 0 aromatic heterocycles. The number of nitrogens with one attached hydrogen (secondary N) is 2. The van der Waals surface area contributed by atoms with Gasteiger partial charge >= 0.3 is 0 Å². The first-order valence-corrected chi connectivity index (χ1v) is 8.93. The van der Waals surface area contributed by atoms with E-state index in [-0.39, 0.29) is 12.0 Å². The lowest BCUT2D eigenvalue weighted by Gasteiger charge is -2.15. The van der Waals surface area contributed by atoms with Crippen LogP contribution in [0.1, 0.15) is 25.8 Å². The molecule has 0 bridgehead atoms. The summed E-state index contributed by atoms with van der Waals surface area (Å²) in [5.74, 6) is 0.837. The van der Waals surface area contributed by atoms with Crippen molar-refractivity contribution in [1.29, 1.82) is 0 Å². The van der Waals surface area contributed by atoms with Crippen LogP contribution in [0.2, 0.25) is 5.02 Å². The predicted molar refractivity (Wildman–Crippen MR) is 103 cm³/mol. The average Bonchev–Trinajstić information content (AvgIpc) is 2.58. The van der Waals surface area contributed by atoms with Gasteiger partial charge in [0.2, 0.25) is 5.91 Å². The predicted octanol–water partition coefficient (Wildman–Crippen LogP) is 4.29. The Hall–Kier alpha value is -2.20. The quantitative estimate of drug-likeness (QED) is 0.701. The van der Waals surface area contributed by atoms with Crippen molar-refractivity contribution in [2.45, 2.75) is 32.8 Å². The highest BCUT2D eigenvalue weighted by Gasteiger charge is 2.06. The standard InChI is InChI=1S/C20H25ClN2O2/c1-15(2)25-19-6-4-3-5-18(19)22-14-12-20(24)23-13-11-16-7-9-17(21)10-8-16/h3-10,15,22H,11-14H2,1-2H3,(H,23,24). The van der Waals surface area contributed by atoms with E-state index in [0.717, 1.165) is 28.4 Å². The van der Waals surface area contributed by atoms with Crippen LogP contribution in [-0.4, -0.2) is 25.1 Å². The van der Waals surface area contributed by atoms with E-state index in [1.807, 2.05) is 62.4 Å². The van der Waals surface area contributed by atoms with Gasteiger partial charge in [0.05, 0.1) is 11.8 Å². The van der Waals surface area contributed by atoms with Gasteiger partial charge in [-0.05, 0) is 50.1 Å². The summed E-state index contributed by atoms with van der Waals surface area (Å²) in [7, 11) is 0. The lowest BCUT2D eigenvalue weighted by molar-refractivity contribution is -0.120. The number of benzene rings is 2. The number of hydrogen-bond donors (Lipinski definition) is 2. The molecule has 0 aliphatic heterocycles. The summed E-state index contributed by atoms with van der Waals surface area (Å²) < 4.78 is 5.75. The van der Waals surface area contributed by atoms with E-state index in [0.29, 0.717) is 19.5 Å². The van der Waals surface area contributed by atoms with Crippen molar-refractivity contribution < 1.29 is 9.53 Å². The fraction of sp³-hybridized carbons (Fsp3) is 0.350. The first-order valence-electron chi connectivity index (χ1n) is 8.55. The fourth-order valence-corrected chi connectivity index (χ4v) is 2.49. The van der Waals surface area contributed by atoms with Gasteiger partial charge in [0, 0.05) is 24.5 Å². The second-order valence-electron chi connectivity index (χ2n) is 6.07. The molecule has 25 heavy (non-hydrogen) atoms. The zero-order valence-electron chi connectivity index (χ0n) is 14.7. The Labute approximate surface area is 154 Å². The topological polar surface area (TPSA) is 50.4 Å². The monoisotopic (exact) mass is 360 g/mol. The zero-order valence-corrected chi connectivity index (χ0v) is 15.5. The van der Waals surface area contributed by atoms with Crippen LogP contribution in [0.4, 0.5) is 5.69 Å². The zero-order chi connectivity index (χ0) is 18.1. The Bertz CT molecular complexity index is 672. The number of rotatable bonds is 9. The first-order chi connectivity index (χ1) is 12.0. The maximum absolute atomic E-state index is 11.9. The third-order valence-corrected chi connectivity index (χ3v) is 3.82. The summed E-state index contributed by atoms with van der Waals surface area (Å²) >= 11 is 5.86. The second kappa shape index (κ2) is 9.94. The molecule has 2 aromatic carbocycles. The van der Waals surface area contributed by atoms with E-state index in [1.54, 1.807) is 0 Å². The highest BCUT2D eigenvalue weighted by Crippen LogP contribution is 2.24. The van der Waals surface area contributed by atoms with Crippen LogP contribution in [0.15, 0.2) is 48.5 Å². The van der Waals surface area contributed by atoms with Crippen LogP contribution in [0.25, 0.3) is 0 Å². The Morgan fingerprint density at radius 3 is 2.52 bits per heavy atom. The van der Waals surface area contributed by atoms with Gasteiger partial charge in [-0.1, -0.05) is 35.9 Å². The van der Waals surface area contributed by atoms with Gasteiger partial charge in [0.1, 0.15) is 5.75 Å². The molecular formula is C20H25ClN2O2.